The van der Waals surface area contributed by atoms with Crippen molar-refractivity contribution < 1.29 is 10.2 Å². The van der Waals surface area contributed by atoms with Crippen molar-refractivity contribution in [2.45, 2.75) is 38.5 Å². The van der Waals surface area contributed by atoms with E-state index in [2.05, 4.69) is 0 Å². The maximum Gasteiger partial charge on any atom is 0.128 e. The number of aliphatic hydroxyl groups excluding tert-OH is 1. The number of nitrogens with two attached hydrogens (primary N) is 1. The molecule has 0 radical (unpaired) electrons. The molecule has 0 fully saturated rings. The number of hydrogen-bond acceptors (Lipinski definition) is 3. The van der Waals surface area contributed by atoms with E-state index in [1.54, 1.807) is 19.9 Å². The molecule has 0 spiro atoms. The summed E-state index contributed by atoms with van der Waals surface area (Å²) in [6.45, 7) is 3.57. The van der Waals surface area contributed by atoms with Crippen molar-refractivity contribution in [2.24, 2.45) is 5.73 Å². The SMILES string of the molecule is CC(C)(O)CCc1cccc(C(N)O)c1. The Morgan fingerprint density at radius 3 is 2.60 bits per heavy atom. The van der Waals surface area contributed by atoms with Gasteiger partial charge in [-0.25, -0.2) is 0 Å². The molecule has 3 nitrogen and oxygen atoms in total. The van der Waals surface area contributed by atoms with Gasteiger partial charge in [-0.3, -0.25) is 0 Å². The molecule has 0 heterocycles. The number of rotatable bonds is 4. The lowest BCUT2D eigenvalue weighted by Crippen LogP contribution is -2.19. The summed E-state index contributed by atoms with van der Waals surface area (Å²) in [6, 6.07) is 7.50. The minimum absolute atomic E-state index is 0.655. The largest absolute Gasteiger partial charge is 0.390 e. The molecule has 15 heavy (non-hydrogen) atoms. The summed E-state index contributed by atoms with van der Waals surface area (Å²) in [5.41, 5.74) is 6.51. The van der Waals surface area contributed by atoms with Gasteiger partial charge in [0.25, 0.3) is 0 Å². The molecular weight excluding hydrogens is 190 g/mol. The molecule has 0 aliphatic rings. The molecule has 0 bridgehead atoms. The van der Waals surface area contributed by atoms with Crippen LogP contribution in [0.15, 0.2) is 24.3 Å². The molecule has 1 rings (SSSR count). The Kier molecular flexibility index (Phi) is 3.85. The summed E-state index contributed by atoms with van der Waals surface area (Å²) in [4.78, 5) is 0. The van der Waals surface area contributed by atoms with Crippen LogP contribution < -0.4 is 5.73 Å². The smallest absolute Gasteiger partial charge is 0.128 e. The van der Waals surface area contributed by atoms with E-state index < -0.39 is 11.8 Å². The van der Waals surface area contributed by atoms with Gasteiger partial charge in [0.15, 0.2) is 0 Å². The molecule has 4 N–H and O–H groups in total. The number of hydrogen-bond donors (Lipinski definition) is 3. The standard InChI is InChI=1S/C12H19NO2/c1-12(2,15)7-6-9-4-3-5-10(8-9)11(13)14/h3-5,8,11,14-15H,6-7,13H2,1-2H3. The average molecular weight is 209 g/mol. The molecule has 0 amide bonds. The zero-order chi connectivity index (χ0) is 11.5. The highest BCUT2D eigenvalue weighted by Crippen LogP contribution is 2.15. The van der Waals surface area contributed by atoms with Crippen molar-refractivity contribution in [3.63, 3.8) is 0 Å². The Labute approximate surface area is 90.5 Å². The molecule has 84 valence electrons. The normalized spacial score (nSPS) is 13.9. The van der Waals surface area contributed by atoms with Crippen molar-refractivity contribution in [1.82, 2.24) is 0 Å². The van der Waals surface area contributed by atoms with E-state index >= 15 is 0 Å². The van der Waals surface area contributed by atoms with Gasteiger partial charge in [0.1, 0.15) is 6.23 Å². The van der Waals surface area contributed by atoms with Crippen molar-refractivity contribution in [3.05, 3.63) is 35.4 Å². The third kappa shape index (κ3) is 4.42. The fraction of sp³-hybridized carbons (Fsp3) is 0.500. The predicted molar refractivity (Wildman–Crippen MR) is 60.2 cm³/mol. The summed E-state index contributed by atoms with van der Waals surface area (Å²) in [5, 5.41) is 18.8. The second kappa shape index (κ2) is 4.75. The van der Waals surface area contributed by atoms with Gasteiger partial charge < -0.3 is 15.9 Å². The van der Waals surface area contributed by atoms with E-state index in [0.717, 1.165) is 12.0 Å². The van der Waals surface area contributed by atoms with E-state index in [1.165, 1.54) is 0 Å². The van der Waals surface area contributed by atoms with E-state index in [9.17, 15) is 10.2 Å². The molecule has 0 aliphatic heterocycles. The minimum Gasteiger partial charge on any atom is -0.390 e. The average Bonchev–Trinajstić information content (AvgIpc) is 2.14. The minimum atomic E-state index is -0.924. The van der Waals surface area contributed by atoms with Crippen LogP contribution in [0.2, 0.25) is 0 Å². The summed E-state index contributed by atoms with van der Waals surface area (Å²) in [5.74, 6) is 0. The van der Waals surface area contributed by atoms with Crippen LogP contribution >= 0.6 is 0 Å². The number of benzene rings is 1. The first kappa shape index (κ1) is 12.2. The van der Waals surface area contributed by atoms with Crippen molar-refractivity contribution in [1.29, 1.82) is 0 Å². The second-order valence-corrected chi connectivity index (χ2v) is 4.50. The van der Waals surface area contributed by atoms with Gasteiger partial charge in [-0.1, -0.05) is 24.3 Å². The Morgan fingerprint density at radius 1 is 1.40 bits per heavy atom. The first-order valence-corrected chi connectivity index (χ1v) is 5.13. The van der Waals surface area contributed by atoms with Crippen LogP contribution in [0.5, 0.6) is 0 Å². The second-order valence-electron chi connectivity index (χ2n) is 4.50. The van der Waals surface area contributed by atoms with E-state index in [4.69, 9.17) is 5.73 Å². The van der Waals surface area contributed by atoms with Crippen LogP contribution in [0.4, 0.5) is 0 Å². The van der Waals surface area contributed by atoms with Gasteiger partial charge in [-0.2, -0.15) is 0 Å². The lowest BCUT2D eigenvalue weighted by atomic mass is 9.98. The van der Waals surface area contributed by atoms with Crippen molar-refractivity contribution in [3.8, 4) is 0 Å². The van der Waals surface area contributed by atoms with E-state index in [-0.39, 0.29) is 0 Å². The predicted octanol–water partition coefficient (Wildman–Crippen LogP) is 1.34. The van der Waals surface area contributed by atoms with Gasteiger partial charge in [0, 0.05) is 0 Å². The fourth-order valence-corrected chi connectivity index (χ4v) is 1.38. The lowest BCUT2D eigenvalue weighted by molar-refractivity contribution is 0.0714. The Morgan fingerprint density at radius 2 is 2.07 bits per heavy atom. The Bertz CT molecular complexity index is 316. The van der Waals surface area contributed by atoms with Crippen LogP contribution in [0, 0.1) is 0 Å². The molecule has 1 aromatic carbocycles. The number of aryl methyl sites for hydroxylation is 1. The summed E-state index contributed by atoms with van der Waals surface area (Å²) in [7, 11) is 0. The molecule has 3 heteroatoms. The summed E-state index contributed by atoms with van der Waals surface area (Å²) < 4.78 is 0. The van der Waals surface area contributed by atoms with Crippen molar-refractivity contribution in [2.75, 3.05) is 0 Å². The molecule has 1 atom stereocenters. The Hall–Kier alpha value is -0.900. The molecular formula is C12H19NO2. The lowest BCUT2D eigenvalue weighted by Gasteiger charge is -2.17. The quantitative estimate of drug-likeness (QED) is 0.655. The first-order valence-electron chi connectivity index (χ1n) is 5.13. The topological polar surface area (TPSA) is 66.5 Å². The van der Waals surface area contributed by atoms with Crippen LogP contribution in [-0.4, -0.2) is 15.8 Å². The summed E-state index contributed by atoms with van der Waals surface area (Å²) >= 11 is 0. The van der Waals surface area contributed by atoms with Crippen LogP contribution in [0.1, 0.15) is 37.6 Å². The van der Waals surface area contributed by atoms with E-state index in [1.807, 2.05) is 18.2 Å². The highest BCUT2D eigenvalue weighted by atomic mass is 16.3. The molecule has 0 saturated carbocycles. The molecule has 0 saturated heterocycles. The van der Waals surface area contributed by atoms with Gasteiger partial charge in [0.2, 0.25) is 0 Å². The maximum absolute atomic E-state index is 9.58. The maximum atomic E-state index is 9.58. The molecule has 0 aromatic heterocycles. The van der Waals surface area contributed by atoms with Gasteiger partial charge in [-0.05, 0) is 37.8 Å². The van der Waals surface area contributed by atoms with Gasteiger partial charge in [0.05, 0.1) is 5.60 Å². The van der Waals surface area contributed by atoms with Crippen molar-refractivity contribution >= 4 is 0 Å². The fourth-order valence-electron chi connectivity index (χ4n) is 1.38. The van der Waals surface area contributed by atoms with Gasteiger partial charge in [-0.15, -0.1) is 0 Å². The molecule has 1 unspecified atom stereocenters. The van der Waals surface area contributed by atoms with Crippen LogP contribution in [0.3, 0.4) is 0 Å². The molecule has 1 aromatic rings. The van der Waals surface area contributed by atoms with Crippen LogP contribution in [0.25, 0.3) is 0 Å². The van der Waals surface area contributed by atoms with Gasteiger partial charge >= 0.3 is 0 Å². The zero-order valence-corrected chi connectivity index (χ0v) is 9.27. The zero-order valence-electron chi connectivity index (χ0n) is 9.27. The first-order chi connectivity index (χ1) is 6.88. The highest BCUT2D eigenvalue weighted by molar-refractivity contribution is 5.24. The highest BCUT2D eigenvalue weighted by Gasteiger charge is 2.12. The summed E-state index contributed by atoms with van der Waals surface area (Å²) in [6.07, 6.45) is 0.549. The molecule has 0 aliphatic carbocycles. The van der Waals surface area contributed by atoms with Crippen LogP contribution in [-0.2, 0) is 6.42 Å². The van der Waals surface area contributed by atoms with E-state index in [0.29, 0.717) is 12.0 Å². The third-order valence-corrected chi connectivity index (χ3v) is 2.32. The number of aliphatic hydroxyl groups is 2. The third-order valence-electron chi connectivity index (χ3n) is 2.32. The monoisotopic (exact) mass is 209 g/mol. The Balaban J connectivity index is 2.66.